The van der Waals surface area contributed by atoms with E-state index in [1.54, 1.807) is 6.08 Å². The molecule has 0 bridgehead atoms. The van der Waals surface area contributed by atoms with E-state index in [2.05, 4.69) is 4.40 Å². The van der Waals surface area contributed by atoms with E-state index in [1.165, 1.54) is 18.2 Å². The second kappa shape index (κ2) is 5.38. The molecule has 0 amide bonds. The zero-order valence-electron chi connectivity index (χ0n) is 10.6. The smallest absolute Gasteiger partial charge is 0.336 e. The van der Waals surface area contributed by atoms with Crippen molar-refractivity contribution >= 4 is 40.6 Å². The Kier molecular flexibility index (Phi) is 3.43. The van der Waals surface area contributed by atoms with Crippen LogP contribution in [0.1, 0.15) is 5.56 Å². The van der Waals surface area contributed by atoms with Crippen LogP contribution in [0.15, 0.2) is 52.4 Å². The van der Waals surface area contributed by atoms with Crippen molar-refractivity contribution in [2.45, 2.75) is 6.54 Å². The molecule has 0 unspecified atom stereocenters. The first-order valence-corrected chi connectivity index (χ1v) is 6.97. The third-order valence-electron chi connectivity index (χ3n) is 3.13. The SMILES string of the molecule is O=C(O)/C1=C/C=N\S/C=C\Cn2ccc3cccc1c32. The second-order valence-electron chi connectivity index (χ2n) is 4.33. The summed E-state index contributed by atoms with van der Waals surface area (Å²) in [6.45, 7) is 0.690. The molecule has 1 N–H and O–H groups in total. The minimum absolute atomic E-state index is 0.252. The molecule has 1 aliphatic heterocycles. The lowest BCUT2D eigenvalue weighted by atomic mass is 10.0. The maximum atomic E-state index is 11.5. The Morgan fingerprint density at radius 1 is 1.35 bits per heavy atom. The number of carbonyl (C=O) groups is 1. The lowest BCUT2D eigenvalue weighted by Crippen LogP contribution is -2.03. The number of hydrogen-bond acceptors (Lipinski definition) is 3. The highest BCUT2D eigenvalue weighted by Crippen LogP contribution is 2.27. The van der Waals surface area contributed by atoms with E-state index in [-0.39, 0.29) is 5.57 Å². The standard InChI is InChI=1S/C15H12N2O2S/c18-15(19)13-5-7-16-20-10-2-8-17-9-6-11-3-1-4-12(13)14(11)17/h1-7,9-10H,8H2,(H,18,19)/b10-2-,13-5+,16-7-. The van der Waals surface area contributed by atoms with Crippen LogP contribution in [0.4, 0.5) is 0 Å². The maximum Gasteiger partial charge on any atom is 0.336 e. The average molecular weight is 284 g/mol. The molecule has 5 heteroatoms. The summed E-state index contributed by atoms with van der Waals surface area (Å²) in [7, 11) is 0. The Morgan fingerprint density at radius 2 is 2.25 bits per heavy atom. The van der Waals surface area contributed by atoms with E-state index >= 15 is 0 Å². The van der Waals surface area contributed by atoms with Gasteiger partial charge < -0.3 is 9.67 Å². The van der Waals surface area contributed by atoms with Gasteiger partial charge in [0, 0.05) is 41.9 Å². The van der Waals surface area contributed by atoms with Gasteiger partial charge in [-0.25, -0.2) is 9.19 Å². The predicted molar refractivity (Wildman–Crippen MR) is 82.8 cm³/mol. The Balaban J connectivity index is 2.31. The average Bonchev–Trinajstić information content (AvgIpc) is 2.82. The van der Waals surface area contributed by atoms with E-state index in [0.29, 0.717) is 12.1 Å². The zero-order chi connectivity index (χ0) is 13.9. The minimum Gasteiger partial charge on any atom is -0.478 e. The molecule has 0 aliphatic carbocycles. The monoisotopic (exact) mass is 284 g/mol. The van der Waals surface area contributed by atoms with Crippen molar-refractivity contribution in [3.05, 3.63) is 53.6 Å². The van der Waals surface area contributed by atoms with Crippen LogP contribution in [-0.2, 0) is 11.3 Å². The first-order valence-electron chi connectivity index (χ1n) is 6.13. The second-order valence-corrected chi connectivity index (χ2v) is 5.02. The van der Waals surface area contributed by atoms with Crippen LogP contribution in [0.5, 0.6) is 0 Å². The molecule has 1 aliphatic rings. The molecule has 1 aromatic heterocycles. The topological polar surface area (TPSA) is 54.6 Å². The van der Waals surface area contributed by atoms with Crippen LogP contribution in [0, 0.1) is 0 Å². The Hall–Kier alpha value is -2.27. The van der Waals surface area contributed by atoms with Crippen LogP contribution in [0.3, 0.4) is 0 Å². The number of para-hydroxylation sites is 1. The molecule has 0 radical (unpaired) electrons. The van der Waals surface area contributed by atoms with E-state index in [1.807, 2.05) is 46.5 Å². The molecule has 0 saturated carbocycles. The first kappa shape index (κ1) is 12.7. The summed E-state index contributed by atoms with van der Waals surface area (Å²) in [5.74, 6) is -0.950. The highest BCUT2D eigenvalue weighted by Gasteiger charge is 2.15. The van der Waals surface area contributed by atoms with Crippen LogP contribution >= 0.6 is 11.9 Å². The number of aromatic nitrogens is 1. The number of nitrogens with zero attached hydrogens (tertiary/aromatic N) is 2. The quantitative estimate of drug-likeness (QED) is 0.817. The van der Waals surface area contributed by atoms with Gasteiger partial charge in [-0.1, -0.05) is 24.3 Å². The Morgan fingerprint density at radius 3 is 3.10 bits per heavy atom. The van der Waals surface area contributed by atoms with Crippen LogP contribution in [0.2, 0.25) is 0 Å². The molecule has 2 aromatic rings. The third-order valence-corrected chi connectivity index (χ3v) is 3.69. The van der Waals surface area contributed by atoms with Crippen molar-refractivity contribution in [1.82, 2.24) is 4.57 Å². The van der Waals surface area contributed by atoms with Gasteiger partial charge in [-0.15, -0.1) is 0 Å². The summed E-state index contributed by atoms with van der Waals surface area (Å²) in [4.78, 5) is 11.5. The van der Waals surface area contributed by atoms with Crippen molar-refractivity contribution < 1.29 is 9.90 Å². The van der Waals surface area contributed by atoms with Gasteiger partial charge in [0.1, 0.15) is 0 Å². The predicted octanol–water partition coefficient (Wildman–Crippen LogP) is 3.36. The van der Waals surface area contributed by atoms with Gasteiger partial charge in [-0.05, 0) is 17.6 Å². The van der Waals surface area contributed by atoms with Gasteiger partial charge in [-0.2, -0.15) is 0 Å². The number of carboxylic acid groups (broad SMARTS) is 1. The van der Waals surface area contributed by atoms with E-state index in [4.69, 9.17) is 0 Å². The molecule has 0 atom stereocenters. The van der Waals surface area contributed by atoms with E-state index < -0.39 is 5.97 Å². The normalized spacial score (nSPS) is 20.7. The summed E-state index contributed by atoms with van der Waals surface area (Å²) >= 11 is 1.28. The number of benzene rings is 1. The summed E-state index contributed by atoms with van der Waals surface area (Å²) in [5, 5.41) is 12.4. The van der Waals surface area contributed by atoms with Crippen molar-refractivity contribution in [1.29, 1.82) is 0 Å². The molecule has 4 nitrogen and oxygen atoms in total. The minimum atomic E-state index is -0.950. The number of rotatable bonds is 1. The van der Waals surface area contributed by atoms with Gasteiger partial charge in [0.15, 0.2) is 0 Å². The zero-order valence-corrected chi connectivity index (χ0v) is 11.4. The van der Waals surface area contributed by atoms with Crippen molar-refractivity contribution in [2.24, 2.45) is 4.40 Å². The fourth-order valence-corrected chi connectivity index (χ4v) is 2.66. The maximum absolute atomic E-state index is 11.5. The molecule has 1 aromatic carbocycles. The largest absolute Gasteiger partial charge is 0.478 e. The van der Waals surface area contributed by atoms with Gasteiger partial charge in [0.25, 0.3) is 0 Å². The van der Waals surface area contributed by atoms with Gasteiger partial charge in [-0.3, -0.25) is 0 Å². The molecule has 0 spiro atoms. The van der Waals surface area contributed by atoms with Crippen molar-refractivity contribution in [3.8, 4) is 0 Å². The first-order chi connectivity index (χ1) is 9.77. The molecular weight excluding hydrogens is 272 g/mol. The van der Waals surface area contributed by atoms with Gasteiger partial charge >= 0.3 is 5.97 Å². The third kappa shape index (κ3) is 2.28. The van der Waals surface area contributed by atoms with Gasteiger partial charge in [0.2, 0.25) is 0 Å². The molecule has 20 heavy (non-hydrogen) atoms. The lowest BCUT2D eigenvalue weighted by molar-refractivity contribution is -0.130. The summed E-state index contributed by atoms with van der Waals surface area (Å²) < 4.78 is 6.12. The molecular formula is C15H12N2O2S. The summed E-state index contributed by atoms with van der Waals surface area (Å²) in [6, 6.07) is 7.70. The lowest BCUT2D eigenvalue weighted by Gasteiger charge is -2.08. The Bertz CT molecular complexity index is 756. The molecule has 2 heterocycles. The highest BCUT2D eigenvalue weighted by molar-refractivity contribution is 8.01. The molecule has 100 valence electrons. The number of hydrogen-bond donors (Lipinski definition) is 1. The summed E-state index contributed by atoms with van der Waals surface area (Å²) in [6.07, 6.45) is 7.04. The van der Waals surface area contributed by atoms with Crippen molar-refractivity contribution in [2.75, 3.05) is 0 Å². The Labute approximate surface area is 120 Å². The van der Waals surface area contributed by atoms with Gasteiger partial charge in [0.05, 0.1) is 11.1 Å². The van der Waals surface area contributed by atoms with Crippen molar-refractivity contribution in [3.63, 3.8) is 0 Å². The fraction of sp³-hybridized carbons (Fsp3) is 0.0667. The fourth-order valence-electron chi connectivity index (χ4n) is 2.28. The summed E-state index contributed by atoms with van der Waals surface area (Å²) in [5.41, 5.74) is 1.90. The van der Waals surface area contributed by atoms with Crippen LogP contribution in [0.25, 0.3) is 16.5 Å². The van der Waals surface area contributed by atoms with Crippen LogP contribution < -0.4 is 0 Å². The number of aliphatic carboxylic acids is 1. The number of carboxylic acids is 1. The van der Waals surface area contributed by atoms with E-state index in [0.717, 1.165) is 10.9 Å². The molecule has 3 rings (SSSR count). The number of allylic oxidation sites excluding steroid dienone is 2. The molecule has 0 saturated heterocycles. The molecule has 0 fully saturated rings. The van der Waals surface area contributed by atoms with Crippen LogP contribution in [-0.4, -0.2) is 21.9 Å². The van der Waals surface area contributed by atoms with E-state index in [9.17, 15) is 9.90 Å². The highest BCUT2D eigenvalue weighted by atomic mass is 32.2.